The lowest BCUT2D eigenvalue weighted by molar-refractivity contribution is -0.142. The second kappa shape index (κ2) is 14.7. The van der Waals surface area contributed by atoms with E-state index in [1.54, 1.807) is 0 Å². The monoisotopic (exact) mass is 578 g/mol. The van der Waals surface area contributed by atoms with Gasteiger partial charge in [0, 0.05) is 11.8 Å². The van der Waals surface area contributed by atoms with Gasteiger partial charge in [0.15, 0.2) is 0 Å². The van der Waals surface area contributed by atoms with Gasteiger partial charge in [0.1, 0.15) is 0 Å². The fourth-order valence-electron chi connectivity index (χ4n) is 3.48. The Morgan fingerprint density at radius 2 is 1.08 bits per heavy atom. The first-order chi connectivity index (χ1) is 16.8. The summed E-state index contributed by atoms with van der Waals surface area (Å²) in [6.07, 6.45) is -7.97. The summed E-state index contributed by atoms with van der Waals surface area (Å²) < 4.78 is 76.8. The van der Waals surface area contributed by atoms with Gasteiger partial charge < -0.3 is 5.11 Å². The van der Waals surface area contributed by atoms with Crippen LogP contribution in [0, 0.1) is 0 Å². The fourth-order valence-corrected chi connectivity index (χ4v) is 4.02. The third kappa shape index (κ3) is 9.82. The Hall–Kier alpha value is -1.97. The largest absolute Gasteiger partial charge is 0.481 e. The van der Waals surface area contributed by atoms with E-state index in [1.807, 2.05) is 0 Å². The van der Waals surface area contributed by atoms with E-state index >= 15 is 0 Å². The maximum absolute atomic E-state index is 12.8. The molecule has 36 heavy (non-hydrogen) atoms. The number of carbonyl (C=O) groups is 2. The Morgan fingerprint density at radius 3 is 1.42 bits per heavy atom. The molecular formula is C24H23Cl3F6O3. The molecular weight excluding hydrogens is 557 g/mol. The van der Waals surface area contributed by atoms with Crippen molar-refractivity contribution in [2.45, 2.75) is 49.9 Å². The van der Waals surface area contributed by atoms with E-state index in [-0.39, 0.29) is 35.7 Å². The van der Waals surface area contributed by atoms with Gasteiger partial charge in [-0.3, -0.25) is 9.59 Å². The summed E-state index contributed by atoms with van der Waals surface area (Å²) in [6.45, 7) is 0. The molecule has 0 aliphatic rings. The number of alkyl halides is 8. The van der Waals surface area contributed by atoms with Crippen LogP contribution in [0.1, 0.15) is 59.8 Å². The molecule has 0 saturated carbocycles. The van der Waals surface area contributed by atoms with Crippen molar-refractivity contribution in [3.05, 3.63) is 70.8 Å². The molecule has 2 aromatic rings. The number of hydrogen-bond donors (Lipinski definition) is 1. The van der Waals surface area contributed by atoms with E-state index in [2.05, 4.69) is 0 Å². The molecule has 12 heteroatoms. The lowest BCUT2D eigenvalue weighted by Crippen LogP contribution is -2.18. The highest BCUT2D eigenvalue weighted by Gasteiger charge is 2.37. The molecule has 3 nitrogen and oxygen atoms in total. The van der Waals surface area contributed by atoms with Crippen LogP contribution in [0.3, 0.4) is 0 Å². The molecule has 0 saturated heterocycles. The zero-order valence-corrected chi connectivity index (χ0v) is 20.9. The van der Waals surface area contributed by atoms with E-state index < -0.39 is 46.5 Å². The average Bonchev–Trinajstić information content (AvgIpc) is 2.79. The molecule has 0 bridgehead atoms. The van der Waals surface area contributed by atoms with Crippen LogP contribution in [-0.2, 0) is 21.9 Å². The van der Waals surface area contributed by atoms with E-state index in [1.165, 1.54) is 36.4 Å². The van der Waals surface area contributed by atoms with Crippen LogP contribution in [0.2, 0.25) is 0 Å². The first-order valence-electron chi connectivity index (χ1n) is 10.6. The minimum atomic E-state index is -4.55. The van der Waals surface area contributed by atoms with Crippen LogP contribution in [0.15, 0.2) is 48.5 Å². The van der Waals surface area contributed by atoms with Crippen molar-refractivity contribution in [2.24, 2.45) is 0 Å². The van der Waals surface area contributed by atoms with Gasteiger partial charge >= 0.3 is 18.3 Å². The summed E-state index contributed by atoms with van der Waals surface area (Å²) in [6, 6.07) is 9.71. The van der Waals surface area contributed by atoms with Gasteiger partial charge in [-0.15, -0.1) is 23.2 Å². The third-order valence-corrected chi connectivity index (χ3v) is 5.91. The number of aliphatic carboxylic acids is 1. The Kier molecular flexibility index (Phi) is 13.1. The molecule has 0 radical (unpaired) electrons. The van der Waals surface area contributed by atoms with Gasteiger partial charge in [-0.05, 0) is 60.5 Å². The van der Waals surface area contributed by atoms with Gasteiger partial charge in [0.2, 0.25) is 5.24 Å². The molecule has 2 atom stereocenters. The predicted octanol–water partition coefficient (Wildman–Crippen LogP) is 8.47. The van der Waals surface area contributed by atoms with E-state index in [9.17, 15) is 35.9 Å². The van der Waals surface area contributed by atoms with Crippen LogP contribution < -0.4 is 0 Å². The van der Waals surface area contributed by atoms with Gasteiger partial charge in [-0.2, -0.15) is 26.3 Å². The molecule has 0 aliphatic heterocycles. The Bertz CT molecular complexity index is 916. The topological polar surface area (TPSA) is 54.4 Å². The molecule has 0 fully saturated rings. The summed E-state index contributed by atoms with van der Waals surface area (Å²) in [5.41, 5.74) is -2.01. The van der Waals surface area contributed by atoms with E-state index in [4.69, 9.17) is 39.9 Å². The van der Waals surface area contributed by atoms with Crippen molar-refractivity contribution >= 4 is 46.0 Å². The molecule has 2 unspecified atom stereocenters. The van der Waals surface area contributed by atoms with E-state index in [0.717, 1.165) is 12.1 Å². The standard InChI is InChI=1S/C12H11Cl2F3O.C12H12ClF3O2/c13-7-3-5-9(11(14)18)8-4-1-2-6-10(8)12(15,16)17;13-7-3-5-9(11(17)18)8-4-1-2-6-10(8)12(14,15)16/h1-2,4,6,9H,3,5,7H2;1-2,4,6,9H,3,5,7H2,(H,17,18). The number of rotatable bonds is 10. The number of carbonyl (C=O) groups excluding carboxylic acids is 1. The molecule has 0 aliphatic carbocycles. The number of carboxylic acid groups (broad SMARTS) is 1. The lowest BCUT2D eigenvalue weighted by atomic mass is 9.90. The van der Waals surface area contributed by atoms with Crippen LogP contribution >= 0.6 is 34.8 Å². The second-order valence-corrected chi connectivity index (χ2v) is 8.71. The maximum atomic E-state index is 12.8. The summed E-state index contributed by atoms with van der Waals surface area (Å²) in [5, 5.41) is 8.24. The summed E-state index contributed by atoms with van der Waals surface area (Å²) in [5.74, 6) is -2.92. The molecule has 2 aromatic carbocycles. The Morgan fingerprint density at radius 1 is 0.722 bits per heavy atom. The molecule has 200 valence electrons. The van der Waals surface area contributed by atoms with Crippen molar-refractivity contribution in [3.8, 4) is 0 Å². The van der Waals surface area contributed by atoms with Gasteiger partial charge in [-0.25, -0.2) is 0 Å². The maximum Gasteiger partial charge on any atom is 0.416 e. The summed E-state index contributed by atoms with van der Waals surface area (Å²) >= 11 is 16.3. The smallest absolute Gasteiger partial charge is 0.416 e. The van der Waals surface area contributed by atoms with Gasteiger partial charge in [-0.1, -0.05) is 36.4 Å². The van der Waals surface area contributed by atoms with Crippen molar-refractivity contribution in [3.63, 3.8) is 0 Å². The fraction of sp³-hybridized carbons (Fsp3) is 0.417. The molecule has 0 amide bonds. The van der Waals surface area contributed by atoms with Crippen LogP contribution in [-0.4, -0.2) is 28.1 Å². The van der Waals surface area contributed by atoms with Crippen molar-refractivity contribution < 1.29 is 41.0 Å². The minimum Gasteiger partial charge on any atom is -0.481 e. The molecule has 0 aromatic heterocycles. The van der Waals surface area contributed by atoms with Crippen LogP contribution in [0.5, 0.6) is 0 Å². The van der Waals surface area contributed by atoms with Crippen molar-refractivity contribution in [1.29, 1.82) is 0 Å². The lowest BCUT2D eigenvalue weighted by Gasteiger charge is -2.18. The third-order valence-electron chi connectivity index (χ3n) is 5.11. The highest BCUT2D eigenvalue weighted by Crippen LogP contribution is 2.38. The SMILES string of the molecule is O=C(Cl)C(CCCCl)c1ccccc1C(F)(F)F.O=C(O)C(CCCCl)c1ccccc1C(F)(F)F. The average molecular weight is 580 g/mol. The number of benzene rings is 2. The Balaban J connectivity index is 0.000000360. The van der Waals surface area contributed by atoms with Crippen molar-refractivity contribution in [2.75, 3.05) is 11.8 Å². The zero-order valence-electron chi connectivity index (χ0n) is 18.7. The highest BCUT2D eigenvalue weighted by atomic mass is 35.5. The molecule has 2 rings (SSSR count). The first-order valence-corrected chi connectivity index (χ1v) is 12.1. The van der Waals surface area contributed by atoms with Crippen LogP contribution in [0.4, 0.5) is 26.3 Å². The highest BCUT2D eigenvalue weighted by molar-refractivity contribution is 6.64. The Labute approximate surface area is 219 Å². The summed E-state index contributed by atoms with van der Waals surface area (Å²) in [7, 11) is 0. The van der Waals surface area contributed by atoms with Crippen molar-refractivity contribution in [1.82, 2.24) is 0 Å². The van der Waals surface area contributed by atoms with E-state index in [0.29, 0.717) is 12.8 Å². The molecule has 0 heterocycles. The quantitative estimate of drug-likeness (QED) is 0.175. The van der Waals surface area contributed by atoms with Crippen LogP contribution in [0.25, 0.3) is 0 Å². The minimum absolute atomic E-state index is 0.0879. The number of hydrogen-bond acceptors (Lipinski definition) is 2. The number of halogens is 9. The molecule has 0 spiro atoms. The normalized spacial score (nSPS) is 13.4. The zero-order chi connectivity index (χ0) is 27.5. The molecule has 1 N–H and O–H groups in total. The predicted molar refractivity (Wildman–Crippen MR) is 127 cm³/mol. The van der Waals surface area contributed by atoms with Gasteiger partial charge in [0.05, 0.1) is 23.0 Å². The summed E-state index contributed by atoms with van der Waals surface area (Å²) in [4.78, 5) is 22.4. The first kappa shape index (κ1) is 32.1. The number of carboxylic acids is 1. The second-order valence-electron chi connectivity index (χ2n) is 7.58. The van der Waals surface area contributed by atoms with Gasteiger partial charge in [0.25, 0.3) is 0 Å².